The van der Waals surface area contributed by atoms with Gasteiger partial charge in [-0.25, -0.2) is 4.79 Å². The van der Waals surface area contributed by atoms with Gasteiger partial charge in [-0.3, -0.25) is 14.7 Å². The van der Waals surface area contributed by atoms with Crippen molar-refractivity contribution in [2.75, 3.05) is 13.1 Å². The molecule has 8 heteroatoms. The number of hydrogen-bond acceptors (Lipinski definition) is 4. The number of carbonyl (C=O) groups is 3. The van der Waals surface area contributed by atoms with E-state index in [-0.39, 0.29) is 25.4 Å². The summed E-state index contributed by atoms with van der Waals surface area (Å²) < 4.78 is 0. The molecule has 1 saturated heterocycles. The maximum absolute atomic E-state index is 12.0. The zero-order chi connectivity index (χ0) is 13.1. The van der Waals surface area contributed by atoms with Crippen LogP contribution < -0.4 is 5.32 Å². The summed E-state index contributed by atoms with van der Waals surface area (Å²) in [5, 5.41) is 17.7. The average Bonchev–Trinajstić information content (AvgIpc) is 2.81. The largest absolute Gasteiger partial charge is 0.480 e. The molecule has 8 nitrogen and oxygen atoms in total. The van der Waals surface area contributed by atoms with E-state index in [0.29, 0.717) is 5.69 Å². The Kier molecular flexibility index (Phi) is 3.26. The van der Waals surface area contributed by atoms with Crippen LogP contribution in [0.2, 0.25) is 0 Å². The minimum absolute atomic E-state index is 0.00292. The Morgan fingerprint density at radius 3 is 2.94 bits per heavy atom. The fourth-order valence-corrected chi connectivity index (χ4v) is 1.77. The molecule has 0 aromatic carbocycles. The zero-order valence-corrected chi connectivity index (χ0v) is 9.42. The molecular formula is C10H12N4O4. The molecule has 18 heavy (non-hydrogen) atoms. The molecule has 0 bridgehead atoms. The molecule has 0 aliphatic carbocycles. The van der Waals surface area contributed by atoms with Crippen LogP contribution in [0.5, 0.6) is 0 Å². The van der Waals surface area contributed by atoms with Crippen LogP contribution in [0.15, 0.2) is 12.3 Å². The summed E-state index contributed by atoms with van der Waals surface area (Å²) in [5.74, 6) is -1.90. The minimum atomic E-state index is -1.13. The first kappa shape index (κ1) is 12.1. The van der Waals surface area contributed by atoms with E-state index in [1.165, 1.54) is 6.20 Å². The number of hydrogen-bond donors (Lipinski definition) is 3. The number of nitrogens with one attached hydrogen (secondary N) is 2. The molecule has 0 saturated carbocycles. The van der Waals surface area contributed by atoms with Crippen molar-refractivity contribution in [3.8, 4) is 0 Å². The Balaban J connectivity index is 2.09. The summed E-state index contributed by atoms with van der Waals surface area (Å²) in [6.45, 7) is -0.299. The van der Waals surface area contributed by atoms with Crippen molar-refractivity contribution < 1.29 is 19.5 Å². The summed E-state index contributed by atoms with van der Waals surface area (Å²) in [6, 6.07) is 0.607. The van der Waals surface area contributed by atoms with Gasteiger partial charge < -0.3 is 15.3 Å². The van der Waals surface area contributed by atoms with Crippen molar-refractivity contribution in [3.05, 3.63) is 18.0 Å². The van der Waals surface area contributed by atoms with E-state index in [9.17, 15) is 14.4 Å². The summed E-state index contributed by atoms with van der Waals surface area (Å²) in [6.07, 6.45) is 1.50. The van der Waals surface area contributed by atoms with Gasteiger partial charge in [0, 0.05) is 18.4 Å². The van der Waals surface area contributed by atoms with E-state index in [4.69, 9.17) is 5.11 Å². The summed E-state index contributed by atoms with van der Waals surface area (Å²) >= 11 is 0. The van der Waals surface area contributed by atoms with E-state index < -0.39 is 17.9 Å². The van der Waals surface area contributed by atoms with Crippen LogP contribution in [0.25, 0.3) is 0 Å². The predicted molar refractivity (Wildman–Crippen MR) is 58.4 cm³/mol. The first-order chi connectivity index (χ1) is 8.58. The van der Waals surface area contributed by atoms with Gasteiger partial charge in [0.05, 0.1) is 6.42 Å². The van der Waals surface area contributed by atoms with Crippen LogP contribution in [0, 0.1) is 0 Å². The van der Waals surface area contributed by atoms with Gasteiger partial charge in [-0.15, -0.1) is 0 Å². The Morgan fingerprint density at radius 2 is 2.33 bits per heavy atom. The van der Waals surface area contributed by atoms with Gasteiger partial charge in [0.2, 0.25) is 11.8 Å². The van der Waals surface area contributed by atoms with Gasteiger partial charge in [-0.1, -0.05) is 0 Å². The second-order valence-corrected chi connectivity index (χ2v) is 3.94. The highest BCUT2D eigenvalue weighted by Crippen LogP contribution is 2.08. The lowest BCUT2D eigenvalue weighted by Gasteiger charge is -2.32. The van der Waals surface area contributed by atoms with Gasteiger partial charge in [0.1, 0.15) is 12.6 Å². The summed E-state index contributed by atoms with van der Waals surface area (Å²) in [5.41, 5.74) is 0.579. The van der Waals surface area contributed by atoms with Gasteiger partial charge >= 0.3 is 5.97 Å². The second kappa shape index (κ2) is 4.86. The third kappa shape index (κ3) is 2.47. The number of amides is 2. The molecule has 96 valence electrons. The van der Waals surface area contributed by atoms with Crippen molar-refractivity contribution >= 4 is 17.8 Å². The van der Waals surface area contributed by atoms with Gasteiger partial charge in [0.15, 0.2) is 0 Å². The van der Waals surface area contributed by atoms with Crippen LogP contribution in [0.3, 0.4) is 0 Å². The number of carbonyl (C=O) groups excluding carboxylic acids is 2. The second-order valence-electron chi connectivity index (χ2n) is 3.94. The van der Waals surface area contributed by atoms with Crippen LogP contribution in [0.1, 0.15) is 5.69 Å². The number of aromatic nitrogens is 2. The number of carboxylic acids is 1. The SMILES string of the molecule is O=C1CN(C(=O)Cc2ccn[nH]2)C(C(=O)O)CN1. The number of aliphatic carboxylic acids is 1. The molecule has 0 radical (unpaired) electrons. The summed E-state index contributed by atoms with van der Waals surface area (Å²) in [7, 11) is 0. The first-order valence-corrected chi connectivity index (χ1v) is 5.35. The van der Waals surface area contributed by atoms with Crippen molar-refractivity contribution in [2.45, 2.75) is 12.5 Å². The first-order valence-electron chi connectivity index (χ1n) is 5.35. The van der Waals surface area contributed by atoms with E-state index in [1.807, 2.05) is 0 Å². The molecule has 0 spiro atoms. The zero-order valence-electron chi connectivity index (χ0n) is 9.42. The smallest absolute Gasteiger partial charge is 0.328 e. The van der Waals surface area contributed by atoms with Crippen LogP contribution in [-0.4, -0.2) is 57.1 Å². The lowest BCUT2D eigenvalue weighted by Crippen LogP contribution is -2.59. The predicted octanol–water partition coefficient (Wildman–Crippen LogP) is -1.64. The quantitative estimate of drug-likeness (QED) is 0.597. The van der Waals surface area contributed by atoms with Crippen LogP contribution >= 0.6 is 0 Å². The fourth-order valence-electron chi connectivity index (χ4n) is 1.77. The standard InChI is InChI=1S/C10H12N4O4/c15-8-5-14(7(4-11-8)10(17)18)9(16)3-6-1-2-12-13-6/h1-2,7H,3-5H2,(H,11,15)(H,12,13)(H,17,18). The Labute approximate surface area is 102 Å². The highest BCUT2D eigenvalue weighted by molar-refractivity contribution is 5.91. The molecule has 2 amide bonds. The Hall–Kier alpha value is -2.38. The van der Waals surface area contributed by atoms with Crippen molar-refractivity contribution in [2.24, 2.45) is 0 Å². The van der Waals surface area contributed by atoms with E-state index in [0.717, 1.165) is 4.90 Å². The summed E-state index contributed by atoms with van der Waals surface area (Å²) in [4.78, 5) is 35.3. The number of aromatic amines is 1. The van der Waals surface area contributed by atoms with Crippen LogP contribution in [0.4, 0.5) is 0 Å². The third-order valence-electron chi connectivity index (χ3n) is 2.69. The highest BCUT2D eigenvalue weighted by atomic mass is 16.4. The number of piperazine rings is 1. The number of nitrogens with zero attached hydrogens (tertiary/aromatic N) is 2. The van der Waals surface area contributed by atoms with Crippen LogP contribution in [-0.2, 0) is 20.8 Å². The van der Waals surface area contributed by atoms with Gasteiger partial charge in [0.25, 0.3) is 0 Å². The van der Waals surface area contributed by atoms with E-state index in [1.54, 1.807) is 6.07 Å². The number of rotatable bonds is 3. The molecule has 2 heterocycles. The van der Waals surface area contributed by atoms with E-state index >= 15 is 0 Å². The molecule has 1 aliphatic heterocycles. The molecule has 1 atom stereocenters. The van der Waals surface area contributed by atoms with Gasteiger partial charge in [-0.2, -0.15) is 5.10 Å². The molecule has 1 fully saturated rings. The fraction of sp³-hybridized carbons (Fsp3) is 0.400. The number of carboxylic acid groups (broad SMARTS) is 1. The van der Waals surface area contributed by atoms with E-state index in [2.05, 4.69) is 15.5 Å². The molecule has 1 unspecified atom stereocenters. The van der Waals surface area contributed by atoms with Crippen molar-refractivity contribution in [1.29, 1.82) is 0 Å². The molecule has 3 N–H and O–H groups in total. The maximum Gasteiger partial charge on any atom is 0.328 e. The lowest BCUT2D eigenvalue weighted by molar-refractivity contribution is -0.153. The normalized spacial score (nSPS) is 19.4. The molecule has 1 aromatic heterocycles. The van der Waals surface area contributed by atoms with Crippen molar-refractivity contribution in [1.82, 2.24) is 20.4 Å². The number of H-pyrrole nitrogens is 1. The van der Waals surface area contributed by atoms with Gasteiger partial charge in [-0.05, 0) is 6.07 Å². The third-order valence-corrected chi connectivity index (χ3v) is 2.69. The molecular weight excluding hydrogens is 240 g/mol. The monoisotopic (exact) mass is 252 g/mol. The molecule has 1 aliphatic rings. The Morgan fingerprint density at radius 1 is 1.56 bits per heavy atom. The molecule has 1 aromatic rings. The highest BCUT2D eigenvalue weighted by Gasteiger charge is 2.34. The minimum Gasteiger partial charge on any atom is -0.480 e. The topological polar surface area (TPSA) is 115 Å². The van der Waals surface area contributed by atoms with Crippen molar-refractivity contribution in [3.63, 3.8) is 0 Å². The maximum atomic E-state index is 12.0. The Bertz CT molecular complexity index is 470. The average molecular weight is 252 g/mol. The lowest BCUT2D eigenvalue weighted by atomic mass is 10.1. The molecule has 2 rings (SSSR count).